The number of aromatic nitrogens is 1. The van der Waals surface area contributed by atoms with Gasteiger partial charge in [-0.2, -0.15) is 0 Å². The highest BCUT2D eigenvalue weighted by Crippen LogP contribution is 2.59. The van der Waals surface area contributed by atoms with Crippen LogP contribution >= 0.6 is 0 Å². The third kappa shape index (κ3) is 5.97. The molecule has 0 amide bonds. The standard InChI is InChI=1S/C69H57N3/c1-41-31-42(2)34-45(33-41)67-51-21-10-9-19-47(51)52-37-57-65(39-54(52)67)71(62-27-15-12-24-55(62)68(57,5)6)60-29-17-23-49-48(60)22-18-30-61(49)72-63-28-16-13-25-56(63)69(7,8)58-38-53-50-20-11-14-26-59(50)70(64(53)40-66(58)72)46-35-43(3)32-44(4)36-46/h9-40,67H,1-8H3. The summed E-state index contributed by atoms with van der Waals surface area (Å²) in [6.45, 7) is 18.5. The largest absolute Gasteiger partial charge is 0.309 e. The van der Waals surface area contributed by atoms with Crippen LogP contribution in [0.5, 0.6) is 0 Å². The van der Waals surface area contributed by atoms with Crippen molar-refractivity contribution in [2.24, 2.45) is 0 Å². The van der Waals surface area contributed by atoms with Crippen LogP contribution in [0, 0.1) is 27.7 Å². The minimum atomic E-state index is -0.265. The maximum absolute atomic E-state index is 2.59. The van der Waals surface area contributed by atoms with Gasteiger partial charge in [0.05, 0.1) is 45.2 Å². The molecule has 1 aromatic heterocycles. The minimum absolute atomic E-state index is 0.130. The van der Waals surface area contributed by atoms with Crippen LogP contribution in [-0.4, -0.2) is 4.57 Å². The fourth-order valence-electron chi connectivity index (χ4n) is 13.6. The Balaban J connectivity index is 1.02. The van der Waals surface area contributed by atoms with Crippen LogP contribution in [-0.2, 0) is 10.8 Å². The summed E-state index contributed by atoms with van der Waals surface area (Å²) in [7, 11) is 0. The van der Waals surface area contributed by atoms with Gasteiger partial charge in [-0.05, 0) is 156 Å². The first-order valence-corrected chi connectivity index (χ1v) is 25.7. The number of hydrogen-bond donors (Lipinski definition) is 0. The Kier molecular flexibility index (Phi) is 9.01. The zero-order valence-electron chi connectivity index (χ0n) is 42.4. The average molecular weight is 928 g/mol. The summed E-state index contributed by atoms with van der Waals surface area (Å²) in [5, 5.41) is 4.96. The third-order valence-corrected chi connectivity index (χ3v) is 16.7. The van der Waals surface area contributed by atoms with Gasteiger partial charge in [-0.3, -0.25) is 0 Å². The number of aryl methyl sites for hydroxylation is 4. The highest BCUT2D eigenvalue weighted by Gasteiger charge is 2.42. The van der Waals surface area contributed by atoms with E-state index in [0.717, 1.165) is 5.69 Å². The van der Waals surface area contributed by atoms with Crippen molar-refractivity contribution in [1.29, 1.82) is 0 Å². The molecule has 14 rings (SSSR count). The molecule has 0 radical (unpaired) electrons. The summed E-state index contributed by atoms with van der Waals surface area (Å²) in [5.41, 5.74) is 27.5. The molecule has 1 atom stereocenters. The van der Waals surface area contributed by atoms with Crippen LogP contribution < -0.4 is 9.80 Å². The summed E-state index contributed by atoms with van der Waals surface area (Å²) < 4.78 is 2.49. The second-order valence-corrected chi connectivity index (χ2v) is 22.1. The Morgan fingerprint density at radius 1 is 0.333 bits per heavy atom. The average Bonchev–Trinajstić information content (AvgIpc) is 3.87. The van der Waals surface area contributed by atoms with Crippen molar-refractivity contribution in [3.8, 4) is 16.8 Å². The fourth-order valence-corrected chi connectivity index (χ4v) is 13.6. The zero-order chi connectivity index (χ0) is 48.9. The topological polar surface area (TPSA) is 11.4 Å². The smallest absolute Gasteiger partial charge is 0.0562 e. The van der Waals surface area contributed by atoms with E-state index in [1.807, 2.05) is 0 Å². The van der Waals surface area contributed by atoms with Crippen molar-refractivity contribution in [1.82, 2.24) is 4.57 Å². The molecule has 0 spiro atoms. The van der Waals surface area contributed by atoms with Crippen molar-refractivity contribution in [2.75, 3.05) is 9.80 Å². The van der Waals surface area contributed by atoms with E-state index in [1.165, 1.54) is 139 Å². The lowest BCUT2D eigenvalue weighted by Gasteiger charge is -2.43. The highest BCUT2D eigenvalue weighted by molar-refractivity contribution is 6.13. The number of rotatable bonds is 4. The predicted octanol–water partition coefficient (Wildman–Crippen LogP) is 18.5. The van der Waals surface area contributed by atoms with E-state index in [0.29, 0.717) is 0 Å². The number of nitrogens with zero attached hydrogens (tertiary/aromatic N) is 3. The SMILES string of the molecule is Cc1cc(C)cc(C2c3ccccc3-c3cc4c(cc32)N(c2cccc3c(N5c6ccccc6C(C)(C)c6cc7c8ccccc8n(-c8cc(C)cc(C)c8)c7cc65)cccc23)c2ccccc2C4(C)C)c1. The van der Waals surface area contributed by atoms with Crippen molar-refractivity contribution < 1.29 is 0 Å². The summed E-state index contributed by atoms with van der Waals surface area (Å²) in [6, 6.07) is 74.4. The van der Waals surface area contributed by atoms with Gasteiger partial charge in [-0.25, -0.2) is 0 Å². The molecule has 10 aromatic carbocycles. The summed E-state index contributed by atoms with van der Waals surface area (Å²) in [6.07, 6.45) is 0. The van der Waals surface area contributed by atoms with E-state index in [9.17, 15) is 0 Å². The van der Waals surface area contributed by atoms with Crippen LogP contribution in [0.2, 0.25) is 0 Å². The van der Waals surface area contributed by atoms with Crippen LogP contribution in [0.3, 0.4) is 0 Å². The molecule has 0 bridgehead atoms. The molecule has 2 aliphatic heterocycles. The Bertz CT molecular complexity index is 4080. The normalized spacial score (nSPS) is 15.8. The first-order valence-electron chi connectivity index (χ1n) is 25.7. The summed E-state index contributed by atoms with van der Waals surface area (Å²) >= 11 is 0. The van der Waals surface area contributed by atoms with Crippen LogP contribution in [0.25, 0.3) is 49.4 Å². The maximum Gasteiger partial charge on any atom is 0.0562 e. The summed E-state index contributed by atoms with van der Waals surface area (Å²) in [5.74, 6) is 0.130. The molecule has 348 valence electrons. The predicted molar refractivity (Wildman–Crippen MR) is 304 cm³/mol. The molecule has 0 saturated heterocycles. The molecule has 0 saturated carbocycles. The number of benzene rings is 10. The first-order chi connectivity index (χ1) is 34.9. The molecule has 3 aliphatic rings. The van der Waals surface area contributed by atoms with E-state index in [-0.39, 0.29) is 16.7 Å². The van der Waals surface area contributed by atoms with Gasteiger partial charge in [0.15, 0.2) is 0 Å². The lowest BCUT2D eigenvalue weighted by Crippen LogP contribution is -2.31. The molecule has 3 nitrogen and oxygen atoms in total. The van der Waals surface area contributed by atoms with E-state index >= 15 is 0 Å². The van der Waals surface area contributed by atoms with Crippen LogP contribution in [0.15, 0.2) is 194 Å². The summed E-state index contributed by atoms with van der Waals surface area (Å²) in [4.78, 5) is 5.17. The van der Waals surface area contributed by atoms with Gasteiger partial charge in [0, 0.05) is 44.0 Å². The van der Waals surface area contributed by atoms with E-state index in [4.69, 9.17) is 0 Å². The molecule has 3 heterocycles. The molecule has 11 aromatic rings. The van der Waals surface area contributed by atoms with Crippen molar-refractivity contribution in [3.05, 3.63) is 255 Å². The third-order valence-electron chi connectivity index (χ3n) is 16.7. The number of hydrogen-bond acceptors (Lipinski definition) is 2. The molecule has 1 unspecified atom stereocenters. The Morgan fingerprint density at radius 3 is 1.47 bits per heavy atom. The maximum atomic E-state index is 2.59. The van der Waals surface area contributed by atoms with Gasteiger partial charge < -0.3 is 14.4 Å². The first kappa shape index (κ1) is 42.7. The molecule has 1 aliphatic carbocycles. The Labute approximate surface area is 423 Å². The molecule has 72 heavy (non-hydrogen) atoms. The Hall–Kier alpha value is -8.14. The number of fused-ring (bicyclic) bond motifs is 11. The Morgan fingerprint density at radius 2 is 0.833 bits per heavy atom. The van der Waals surface area contributed by atoms with Gasteiger partial charge in [0.25, 0.3) is 0 Å². The second kappa shape index (κ2) is 15.2. The van der Waals surface area contributed by atoms with Crippen LogP contribution in [0.1, 0.15) is 94.8 Å². The molecule has 0 N–H and O–H groups in total. The van der Waals surface area contributed by atoms with E-state index in [1.54, 1.807) is 0 Å². The van der Waals surface area contributed by atoms with Gasteiger partial charge in [0.2, 0.25) is 0 Å². The minimum Gasteiger partial charge on any atom is -0.309 e. The monoisotopic (exact) mass is 927 g/mol. The van der Waals surface area contributed by atoms with Gasteiger partial charge >= 0.3 is 0 Å². The zero-order valence-corrected chi connectivity index (χ0v) is 42.4. The van der Waals surface area contributed by atoms with Crippen molar-refractivity contribution in [3.63, 3.8) is 0 Å². The quantitative estimate of drug-likeness (QED) is 0.174. The lowest BCUT2D eigenvalue weighted by atomic mass is 9.72. The van der Waals surface area contributed by atoms with Gasteiger partial charge in [-0.15, -0.1) is 0 Å². The fraction of sp³-hybridized carbons (Fsp3) is 0.159. The molecule has 3 heteroatoms. The van der Waals surface area contributed by atoms with E-state index in [2.05, 4.69) is 264 Å². The van der Waals surface area contributed by atoms with Crippen molar-refractivity contribution >= 4 is 66.7 Å². The van der Waals surface area contributed by atoms with E-state index < -0.39 is 0 Å². The second-order valence-electron chi connectivity index (χ2n) is 22.1. The van der Waals surface area contributed by atoms with Crippen LogP contribution in [0.4, 0.5) is 34.1 Å². The highest BCUT2D eigenvalue weighted by atomic mass is 15.2. The number of para-hydroxylation sites is 3. The lowest BCUT2D eigenvalue weighted by molar-refractivity contribution is 0.632. The van der Waals surface area contributed by atoms with Gasteiger partial charge in [0.1, 0.15) is 0 Å². The molecular weight excluding hydrogens is 871 g/mol. The number of anilines is 6. The molecule has 0 fully saturated rings. The molecular formula is C69H57N3. The van der Waals surface area contributed by atoms with Crippen molar-refractivity contribution in [2.45, 2.75) is 72.1 Å². The van der Waals surface area contributed by atoms with Gasteiger partial charge in [-0.1, -0.05) is 166 Å².